The fraction of sp³-hybridized carbons (Fsp3) is 0.500. The molecular weight excluding hydrogens is 373 g/mol. The zero-order chi connectivity index (χ0) is 16.8. The molecule has 6 nitrogen and oxygen atoms in total. The molecular formula is C18H27Cl2N5O. The fourth-order valence-electron chi connectivity index (χ4n) is 3.47. The highest BCUT2D eigenvalue weighted by molar-refractivity contribution is 5.85. The highest BCUT2D eigenvalue weighted by Gasteiger charge is 2.32. The van der Waals surface area contributed by atoms with E-state index in [0.717, 1.165) is 24.1 Å². The van der Waals surface area contributed by atoms with E-state index < -0.39 is 0 Å². The number of carbonyl (C=O) groups is 1. The van der Waals surface area contributed by atoms with Gasteiger partial charge in [-0.2, -0.15) is 5.10 Å². The lowest BCUT2D eigenvalue weighted by atomic mass is 9.71. The number of nitrogens with zero attached hydrogens (tertiary/aromatic N) is 3. The molecule has 0 aliphatic heterocycles. The van der Waals surface area contributed by atoms with Crippen LogP contribution in [0.1, 0.15) is 44.1 Å². The Kier molecular flexibility index (Phi) is 9.05. The van der Waals surface area contributed by atoms with E-state index in [-0.39, 0.29) is 36.1 Å². The van der Waals surface area contributed by atoms with Gasteiger partial charge in [-0.05, 0) is 42.5 Å². The van der Waals surface area contributed by atoms with Gasteiger partial charge in [0.2, 0.25) is 5.91 Å². The van der Waals surface area contributed by atoms with Crippen LogP contribution in [-0.2, 0) is 11.3 Å². The van der Waals surface area contributed by atoms with Gasteiger partial charge in [0.1, 0.15) is 12.7 Å². The largest absolute Gasteiger partial charge is 0.352 e. The van der Waals surface area contributed by atoms with Crippen LogP contribution < -0.4 is 11.1 Å². The lowest BCUT2D eigenvalue weighted by molar-refractivity contribution is -0.124. The minimum atomic E-state index is 0. The smallest absolute Gasteiger partial charge is 0.220 e. The van der Waals surface area contributed by atoms with Gasteiger partial charge in [-0.15, -0.1) is 24.8 Å². The van der Waals surface area contributed by atoms with Gasteiger partial charge in [0.05, 0.1) is 5.69 Å². The normalized spacial score (nSPS) is 15.4. The van der Waals surface area contributed by atoms with Crippen LogP contribution in [0.2, 0.25) is 0 Å². The topological polar surface area (TPSA) is 85.8 Å². The lowest BCUT2D eigenvalue weighted by Gasteiger charge is -2.35. The summed E-state index contributed by atoms with van der Waals surface area (Å²) in [5.41, 5.74) is 7.99. The lowest BCUT2D eigenvalue weighted by Crippen LogP contribution is -2.38. The van der Waals surface area contributed by atoms with E-state index in [2.05, 4.69) is 15.4 Å². The van der Waals surface area contributed by atoms with E-state index in [1.54, 1.807) is 11.0 Å². The summed E-state index contributed by atoms with van der Waals surface area (Å²) in [4.78, 5) is 16.2. The molecule has 0 saturated heterocycles. The van der Waals surface area contributed by atoms with E-state index in [4.69, 9.17) is 5.73 Å². The van der Waals surface area contributed by atoms with Crippen molar-refractivity contribution in [1.29, 1.82) is 0 Å². The molecule has 1 fully saturated rings. The Morgan fingerprint density at radius 2 is 1.85 bits per heavy atom. The van der Waals surface area contributed by atoms with Crippen molar-refractivity contribution in [1.82, 2.24) is 20.1 Å². The number of hydrogen-bond acceptors (Lipinski definition) is 4. The van der Waals surface area contributed by atoms with Gasteiger partial charge in [0, 0.05) is 13.0 Å². The van der Waals surface area contributed by atoms with Crippen LogP contribution in [0.3, 0.4) is 0 Å². The van der Waals surface area contributed by atoms with Gasteiger partial charge in [-0.1, -0.05) is 31.4 Å². The molecule has 144 valence electrons. The van der Waals surface area contributed by atoms with Crippen molar-refractivity contribution in [2.24, 2.45) is 11.1 Å². The van der Waals surface area contributed by atoms with Gasteiger partial charge in [0.25, 0.3) is 0 Å². The van der Waals surface area contributed by atoms with E-state index >= 15 is 0 Å². The highest BCUT2D eigenvalue weighted by Crippen LogP contribution is 2.38. The van der Waals surface area contributed by atoms with Gasteiger partial charge in [-0.3, -0.25) is 4.79 Å². The average molecular weight is 400 g/mol. The van der Waals surface area contributed by atoms with Gasteiger partial charge < -0.3 is 11.1 Å². The fourth-order valence-corrected chi connectivity index (χ4v) is 3.47. The average Bonchev–Trinajstić information content (AvgIpc) is 3.16. The number of carbonyl (C=O) groups excluding carboxylic acids is 1. The molecule has 3 N–H and O–H groups in total. The molecule has 1 aromatic heterocycles. The predicted octanol–water partition coefficient (Wildman–Crippen LogP) is 3.03. The number of hydrogen-bond donors (Lipinski definition) is 2. The Morgan fingerprint density at radius 3 is 2.42 bits per heavy atom. The minimum Gasteiger partial charge on any atom is -0.352 e. The molecule has 0 radical (unpaired) electrons. The molecule has 1 amide bonds. The van der Waals surface area contributed by atoms with Crippen LogP contribution in [0.25, 0.3) is 5.69 Å². The summed E-state index contributed by atoms with van der Waals surface area (Å²) in [5.74, 6) is 0.0997. The minimum absolute atomic E-state index is 0. The van der Waals surface area contributed by atoms with Crippen molar-refractivity contribution in [3.05, 3.63) is 42.5 Å². The van der Waals surface area contributed by atoms with Crippen molar-refractivity contribution in [2.45, 2.75) is 45.1 Å². The molecule has 0 unspecified atom stereocenters. The zero-order valence-electron chi connectivity index (χ0n) is 14.8. The zero-order valence-corrected chi connectivity index (χ0v) is 16.4. The predicted molar refractivity (Wildman–Crippen MR) is 107 cm³/mol. The van der Waals surface area contributed by atoms with E-state index in [1.807, 2.05) is 24.3 Å². The van der Waals surface area contributed by atoms with Crippen LogP contribution in [-0.4, -0.2) is 27.2 Å². The number of aromatic nitrogens is 3. The van der Waals surface area contributed by atoms with Crippen LogP contribution in [0.4, 0.5) is 0 Å². The van der Waals surface area contributed by atoms with Crippen LogP contribution in [0, 0.1) is 5.41 Å². The number of rotatable bonds is 6. The van der Waals surface area contributed by atoms with Gasteiger partial charge >= 0.3 is 0 Å². The van der Waals surface area contributed by atoms with Crippen molar-refractivity contribution >= 4 is 30.7 Å². The first-order chi connectivity index (χ1) is 11.7. The maximum absolute atomic E-state index is 12.3. The number of amides is 1. The molecule has 1 aromatic carbocycles. The Labute approximate surface area is 166 Å². The first-order valence-electron chi connectivity index (χ1n) is 8.62. The maximum atomic E-state index is 12.3. The second-order valence-corrected chi connectivity index (χ2v) is 6.72. The SMILES string of the molecule is Cl.Cl.NCC1(CC(=O)NCc2ccc(-n3cncn3)cc2)CCCCC1. The molecule has 2 aromatic rings. The first kappa shape index (κ1) is 22.4. The Hall–Kier alpha value is -1.63. The third-order valence-corrected chi connectivity index (χ3v) is 4.99. The summed E-state index contributed by atoms with van der Waals surface area (Å²) in [6.45, 7) is 1.14. The number of halogens is 2. The quantitative estimate of drug-likeness (QED) is 0.781. The third kappa shape index (κ3) is 5.69. The second kappa shape index (κ2) is 10.5. The molecule has 8 heteroatoms. The summed E-state index contributed by atoms with van der Waals surface area (Å²) in [6.07, 6.45) is 9.50. The molecule has 26 heavy (non-hydrogen) atoms. The van der Waals surface area contributed by atoms with Crippen LogP contribution >= 0.6 is 24.8 Å². The first-order valence-corrected chi connectivity index (χ1v) is 8.62. The summed E-state index contributed by atoms with van der Waals surface area (Å²) in [5, 5.41) is 7.13. The van der Waals surface area contributed by atoms with E-state index in [0.29, 0.717) is 19.5 Å². The Bertz CT molecular complexity index is 655. The van der Waals surface area contributed by atoms with Crippen LogP contribution in [0.15, 0.2) is 36.9 Å². The summed E-state index contributed by atoms with van der Waals surface area (Å²) >= 11 is 0. The van der Waals surface area contributed by atoms with Gasteiger partial charge in [0.15, 0.2) is 0 Å². The number of nitrogens with two attached hydrogens (primary N) is 1. The van der Waals surface area contributed by atoms with Crippen molar-refractivity contribution in [3.8, 4) is 5.69 Å². The third-order valence-electron chi connectivity index (χ3n) is 4.99. The van der Waals surface area contributed by atoms with Crippen LogP contribution in [0.5, 0.6) is 0 Å². The number of benzene rings is 1. The van der Waals surface area contributed by atoms with Crippen molar-refractivity contribution in [2.75, 3.05) is 6.54 Å². The monoisotopic (exact) mass is 399 g/mol. The van der Waals surface area contributed by atoms with Crippen molar-refractivity contribution in [3.63, 3.8) is 0 Å². The Balaban J connectivity index is 0.00000169. The molecule has 1 saturated carbocycles. The summed E-state index contributed by atoms with van der Waals surface area (Å²) in [7, 11) is 0. The summed E-state index contributed by atoms with van der Waals surface area (Å²) < 4.78 is 1.70. The standard InChI is InChI=1S/C18H25N5O.2ClH/c19-12-18(8-2-1-3-9-18)10-17(24)21-11-15-4-6-16(7-5-15)23-14-20-13-22-23;;/h4-7,13-14H,1-3,8-12,19H2,(H,21,24);2*1H. The highest BCUT2D eigenvalue weighted by atomic mass is 35.5. The van der Waals surface area contributed by atoms with Gasteiger partial charge in [-0.25, -0.2) is 9.67 Å². The molecule has 1 heterocycles. The molecule has 0 atom stereocenters. The maximum Gasteiger partial charge on any atom is 0.220 e. The molecule has 1 aliphatic carbocycles. The number of nitrogens with one attached hydrogen (secondary N) is 1. The Morgan fingerprint density at radius 1 is 1.15 bits per heavy atom. The summed E-state index contributed by atoms with van der Waals surface area (Å²) in [6, 6.07) is 7.94. The molecule has 3 rings (SSSR count). The molecule has 1 aliphatic rings. The van der Waals surface area contributed by atoms with Crippen molar-refractivity contribution < 1.29 is 4.79 Å². The van der Waals surface area contributed by atoms with E-state index in [1.165, 1.54) is 25.6 Å². The second-order valence-electron chi connectivity index (χ2n) is 6.72. The molecule has 0 bridgehead atoms. The molecule has 0 spiro atoms. The van der Waals surface area contributed by atoms with E-state index in [9.17, 15) is 4.79 Å².